The Bertz CT molecular complexity index is 3150. The highest BCUT2D eigenvalue weighted by Gasteiger charge is 2.59. The molecule has 2 aliphatic carbocycles. The van der Waals surface area contributed by atoms with E-state index in [9.17, 15) is 0 Å². The van der Waals surface area contributed by atoms with Gasteiger partial charge in [-0.05, 0) is 145 Å². The first-order chi connectivity index (χ1) is 32.9. The average Bonchev–Trinajstić information content (AvgIpc) is 3.59. The van der Waals surface area contributed by atoms with Gasteiger partial charge in [-0.15, -0.1) is 0 Å². The van der Waals surface area contributed by atoms with Gasteiger partial charge in [-0.25, -0.2) is 0 Å². The number of para-hydroxylation sites is 4. The molecule has 5 heteroatoms. The Kier molecular flexibility index (Phi) is 9.04. The largest absolute Gasteiger partial charge is 0.334 e. The van der Waals surface area contributed by atoms with Crippen LogP contribution in [-0.4, -0.2) is 17.8 Å². The van der Waals surface area contributed by atoms with E-state index in [1.807, 2.05) is 0 Å². The summed E-state index contributed by atoms with van der Waals surface area (Å²) in [5, 5.41) is 0. The number of rotatable bonds is 4. The molecule has 68 heavy (non-hydrogen) atoms. The van der Waals surface area contributed by atoms with Crippen LogP contribution in [0.2, 0.25) is 0 Å². The molecule has 7 aromatic rings. The van der Waals surface area contributed by atoms with Gasteiger partial charge in [0, 0.05) is 67.7 Å². The molecular weight excluding hydrogens is 824 g/mol. The van der Waals surface area contributed by atoms with Gasteiger partial charge in [-0.3, -0.25) is 0 Å². The van der Waals surface area contributed by atoms with Gasteiger partial charge in [-0.1, -0.05) is 158 Å². The average molecular weight is 889 g/mol. The molecule has 0 saturated heterocycles. The summed E-state index contributed by atoms with van der Waals surface area (Å²) >= 11 is 0. The normalized spacial score (nSPS) is 25.4. The summed E-state index contributed by atoms with van der Waals surface area (Å²) in [6, 6.07) is 61.5. The summed E-state index contributed by atoms with van der Waals surface area (Å²) in [6.07, 6.45) is 11.1. The molecule has 4 heterocycles. The molecule has 0 N–H and O–H groups in total. The molecule has 4 aliphatic heterocycles. The van der Waals surface area contributed by atoms with Gasteiger partial charge in [0.1, 0.15) is 0 Å². The van der Waals surface area contributed by atoms with E-state index in [0.29, 0.717) is 0 Å². The maximum absolute atomic E-state index is 2.79. The van der Waals surface area contributed by atoms with E-state index in [4.69, 9.17) is 0 Å². The molecule has 340 valence electrons. The molecule has 13 rings (SSSR count). The smallest absolute Gasteiger partial charge is 0.252 e. The van der Waals surface area contributed by atoms with Crippen LogP contribution in [0.5, 0.6) is 0 Å². The molecule has 4 nitrogen and oxygen atoms in total. The van der Waals surface area contributed by atoms with Gasteiger partial charge in [0.05, 0.1) is 11.1 Å². The molecular formula is C63H65BN4. The van der Waals surface area contributed by atoms with Crippen molar-refractivity contribution in [1.82, 2.24) is 0 Å². The third-order valence-electron chi connectivity index (χ3n) is 18.7. The zero-order chi connectivity index (χ0) is 46.4. The molecule has 0 bridgehead atoms. The summed E-state index contributed by atoms with van der Waals surface area (Å²) < 4.78 is 0. The number of fused-ring (bicyclic) bond motifs is 10. The standard InChI is InChI=1S/C63H65BN4/c1-59(2,3)43-30-32-45(33-31-43)66-55-40-46(67-52-27-15-12-24-48(52)60(4)36-18-9-19-38-62(60,67)6)34-35-51(55)64-50-26-14-17-29-54(50)65(44-22-10-8-11-23-44)56-41-47(42-57(66)58(56)64)68-53-28-16-13-25-49(53)61(5)37-20-21-39-63(61,68)7/h8,10-17,22-35,40-42H,9,18-21,36-39H2,1-7H3. The maximum Gasteiger partial charge on any atom is 0.252 e. The van der Waals surface area contributed by atoms with Crippen LogP contribution in [0.3, 0.4) is 0 Å². The predicted octanol–water partition coefficient (Wildman–Crippen LogP) is 14.9. The summed E-state index contributed by atoms with van der Waals surface area (Å²) in [6.45, 7) is 17.3. The van der Waals surface area contributed by atoms with E-state index in [1.165, 1.54) is 141 Å². The van der Waals surface area contributed by atoms with E-state index in [2.05, 4.69) is 226 Å². The quantitative estimate of drug-likeness (QED) is 0.163. The summed E-state index contributed by atoms with van der Waals surface area (Å²) in [4.78, 5) is 10.8. The highest BCUT2D eigenvalue weighted by molar-refractivity contribution is 7.00. The fraction of sp³-hybridized carbons (Fsp3) is 0.333. The summed E-state index contributed by atoms with van der Waals surface area (Å²) in [5.41, 5.74) is 21.1. The second-order valence-electron chi connectivity index (χ2n) is 23.1. The minimum absolute atomic E-state index is 0.0296. The van der Waals surface area contributed by atoms with Crippen LogP contribution in [0.1, 0.15) is 123 Å². The van der Waals surface area contributed by atoms with Crippen molar-refractivity contribution in [2.75, 3.05) is 19.6 Å². The Morgan fingerprint density at radius 1 is 0.397 bits per heavy atom. The first-order valence-electron chi connectivity index (χ1n) is 25.8. The zero-order valence-electron chi connectivity index (χ0n) is 41.2. The van der Waals surface area contributed by atoms with Gasteiger partial charge in [0.25, 0.3) is 6.71 Å². The summed E-state index contributed by atoms with van der Waals surface area (Å²) in [7, 11) is 0. The fourth-order valence-corrected chi connectivity index (χ4v) is 14.8. The fourth-order valence-electron chi connectivity index (χ4n) is 14.8. The monoisotopic (exact) mass is 889 g/mol. The second kappa shape index (κ2) is 14.7. The molecule has 6 aliphatic rings. The van der Waals surface area contributed by atoms with Gasteiger partial charge < -0.3 is 19.6 Å². The zero-order valence-corrected chi connectivity index (χ0v) is 41.2. The third-order valence-corrected chi connectivity index (χ3v) is 18.7. The minimum Gasteiger partial charge on any atom is -0.334 e. The Hall–Kier alpha value is -6.20. The topological polar surface area (TPSA) is 13.0 Å². The lowest BCUT2D eigenvalue weighted by Gasteiger charge is -2.51. The number of hydrogen-bond acceptors (Lipinski definition) is 4. The van der Waals surface area contributed by atoms with Crippen LogP contribution < -0.4 is 36.0 Å². The van der Waals surface area contributed by atoms with Gasteiger partial charge in [-0.2, -0.15) is 0 Å². The molecule has 2 fully saturated rings. The van der Waals surface area contributed by atoms with Gasteiger partial charge in [0.2, 0.25) is 0 Å². The van der Waals surface area contributed by atoms with Crippen LogP contribution in [0.25, 0.3) is 0 Å². The molecule has 4 atom stereocenters. The van der Waals surface area contributed by atoms with Gasteiger partial charge in [0.15, 0.2) is 0 Å². The number of nitrogens with zero attached hydrogens (tertiary/aromatic N) is 4. The van der Waals surface area contributed by atoms with Crippen molar-refractivity contribution >= 4 is 80.0 Å². The summed E-state index contributed by atoms with van der Waals surface area (Å²) in [5.74, 6) is 0. The van der Waals surface area contributed by atoms with Crippen molar-refractivity contribution < 1.29 is 0 Å². The van der Waals surface area contributed by atoms with Crippen LogP contribution in [0, 0.1) is 0 Å². The maximum atomic E-state index is 2.79. The van der Waals surface area contributed by atoms with Crippen LogP contribution >= 0.6 is 0 Å². The Balaban J connectivity index is 1.12. The third kappa shape index (κ3) is 5.56. The molecule has 0 radical (unpaired) electrons. The lowest BCUT2D eigenvalue weighted by atomic mass is 9.33. The van der Waals surface area contributed by atoms with Crippen LogP contribution in [-0.2, 0) is 16.2 Å². The molecule has 2 saturated carbocycles. The number of benzene rings is 7. The van der Waals surface area contributed by atoms with Crippen LogP contribution in [0.4, 0.5) is 56.9 Å². The van der Waals surface area contributed by atoms with Crippen molar-refractivity contribution in [3.63, 3.8) is 0 Å². The van der Waals surface area contributed by atoms with Crippen molar-refractivity contribution in [1.29, 1.82) is 0 Å². The predicted molar refractivity (Wildman–Crippen MR) is 289 cm³/mol. The van der Waals surface area contributed by atoms with Crippen molar-refractivity contribution in [3.8, 4) is 0 Å². The van der Waals surface area contributed by atoms with E-state index in [1.54, 1.807) is 0 Å². The van der Waals surface area contributed by atoms with E-state index < -0.39 is 0 Å². The molecule has 0 aromatic heterocycles. The van der Waals surface area contributed by atoms with Crippen molar-refractivity contribution in [2.24, 2.45) is 0 Å². The lowest BCUT2D eigenvalue weighted by Crippen LogP contribution is -2.61. The molecule has 4 unspecified atom stereocenters. The van der Waals surface area contributed by atoms with Gasteiger partial charge >= 0.3 is 0 Å². The highest BCUT2D eigenvalue weighted by Crippen LogP contribution is 2.63. The van der Waals surface area contributed by atoms with Crippen LogP contribution in [0.15, 0.2) is 158 Å². The lowest BCUT2D eigenvalue weighted by molar-refractivity contribution is 0.195. The van der Waals surface area contributed by atoms with E-state index in [-0.39, 0.29) is 34.0 Å². The number of anilines is 10. The molecule has 0 spiro atoms. The van der Waals surface area contributed by atoms with Crippen molar-refractivity contribution in [3.05, 3.63) is 174 Å². The first-order valence-corrected chi connectivity index (χ1v) is 25.8. The Labute approximate surface area is 405 Å². The van der Waals surface area contributed by atoms with Crippen molar-refractivity contribution in [2.45, 2.75) is 134 Å². The van der Waals surface area contributed by atoms with E-state index in [0.717, 1.165) is 6.42 Å². The second-order valence-corrected chi connectivity index (χ2v) is 23.1. The Morgan fingerprint density at radius 2 is 0.853 bits per heavy atom. The first kappa shape index (κ1) is 41.9. The molecule has 7 aromatic carbocycles. The van der Waals surface area contributed by atoms with E-state index >= 15 is 0 Å². The molecule has 0 amide bonds. The minimum atomic E-state index is -0.0949. The number of hydrogen-bond donors (Lipinski definition) is 0. The SMILES string of the molecule is CC(C)(C)c1ccc(N2c3cc(N4c5ccccc5C5(C)CCCCCC45C)ccc3B3c4ccccc4N(c4ccccc4)c4cc(N5c6ccccc6C6(C)CCCCC56C)cc2c43)cc1. The Morgan fingerprint density at radius 3 is 1.49 bits per heavy atom. The highest BCUT2D eigenvalue weighted by atomic mass is 15.3.